The Kier molecular flexibility index (Phi) is 1.80. The molecule has 0 spiro atoms. The van der Waals surface area contributed by atoms with Crippen LogP contribution in [0.5, 0.6) is 0 Å². The zero-order valence-electron chi connectivity index (χ0n) is 5.65. The summed E-state index contributed by atoms with van der Waals surface area (Å²) in [6, 6.07) is 0. The van der Waals surface area contributed by atoms with Gasteiger partial charge in [-0.25, -0.2) is 0 Å². The van der Waals surface area contributed by atoms with Gasteiger partial charge in [-0.3, -0.25) is 0 Å². The van der Waals surface area contributed by atoms with Crippen molar-refractivity contribution in [2.75, 3.05) is 0 Å². The summed E-state index contributed by atoms with van der Waals surface area (Å²) in [6.45, 7) is 4.16. The Labute approximate surface area is 63.4 Å². The second-order valence-electron chi connectivity index (χ2n) is 2.54. The van der Waals surface area contributed by atoms with E-state index in [9.17, 15) is 0 Å². The molecule has 2 nitrogen and oxygen atoms in total. The highest BCUT2D eigenvalue weighted by Crippen LogP contribution is 2.28. The van der Waals surface area contributed by atoms with Gasteiger partial charge >= 0.3 is 0 Å². The van der Waals surface area contributed by atoms with Gasteiger partial charge in [0.25, 0.3) is 0 Å². The Bertz CT molecular complexity index is 146. The normalized spacial score (nSPS) is 33.9. The molecule has 0 fully saturated rings. The number of hydrogen-bond acceptors (Lipinski definition) is 2. The molecule has 1 aliphatic heterocycles. The molecule has 1 atom stereocenters. The standard InChI is InChI=1S/C6H10BrNO/c1-3-6(2)4-5(7)8-9-6/h3-4H2,1-2H3. The van der Waals surface area contributed by atoms with E-state index >= 15 is 0 Å². The second kappa shape index (κ2) is 2.29. The maximum atomic E-state index is 5.14. The summed E-state index contributed by atoms with van der Waals surface area (Å²) < 4.78 is 0.923. The van der Waals surface area contributed by atoms with Gasteiger partial charge in [-0.1, -0.05) is 12.1 Å². The monoisotopic (exact) mass is 191 g/mol. The third-order valence-corrected chi connectivity index (χ3v) is 2.06. The number of oxime groups is 1. The number of nitrogens with zero attached hydrogens (tertiary/aromatic N) is 1. The average molecular weight is 192 g/mol. The van der Waals surface area contributed by atoms with Gasteiger partial charge < -0.3 is 4.84 Å². The lowest BCUT2D eigenvalue weighted by Gasteiger charge is -2.17. The van der Waals surface area contributed by atoms with Gasteiger partial charge in [0, 0.05) is 6.42 Å². The van der Waals surface area contributed by atoms with Crippen molar-refractivity contribution >= 4 is 20.6 Å². The Morgan fingerprint density at radius 3 is 2.78 bits per heavy atom. The average Bonchev–Trinajstić information content (AvgIpc) is 2.13. The lowest BCUT2D eigenvalue weighted by Crippen LogP contribution is -2.21. The predicted molar refractivity (Wildman–Crippen MR) is 40.8 cm³/mol. The van der Waals surface area contributed by atoms with Crippen molar-refractivity contribution < 1.29 is 4.84 Å². The van der Waals surface area contributed by atoms with Crippen LogP contribution in [0.25, 0.3) is 0 Å². The molecule has 0 saturated heterocycles. The highest BCUT2D eigenvalue weighted by molar-refractivity contribution is 9.18. The first kappa shape index (κ1) is 7.06. The molecule has 1 rings (SSSR count). The van der Waals surface area contributed by atoms with Crippen molar-refractivity contribution in [1.82, 2.24) is 0 Å². The molecule has 0 aromatic carbocycles. The van der Waals surface area contributed by atoms with Crippen molar-refractivity contribution in [2.24, 2.45) is 5.16 Å². The predicted octanol–water partition coefficient (Wildman–Crippen LogP) is 2.28. The van der Waals surface area contributed by atoms with E-state index in [4.69, 9.17) is 4.84 Å². The molecule has 3 heteroatoms. The Balaban J connectivity index is 2.53. The maximum absolute atomic E-state index is 5.14. The fourth-order valence-electron chi connectivity index (χ4n) is 0.722. The molecule has 0 radical (unpaired) electrons. The molecule has 0 aromatic heterocycles. The van der Waals surface area contributed by atoms with Crippen molar-refractivity contribution in [3.8, 4) is 0 Å². The first-order valence-electron chi connectivity index (χ1n) is 3.07. The molecule has 1 heterocycles. The molecule has 0 N–H and O–H groups in total. The largest absolute Gasteiger partial charge is 0.388 e. The van der Waals surface area contributed by atoms with Crippen molar-refractivity contribution in [3.05, 3.63) is 0 Å². The number of hydrogen-bond donors (Lipinski definition) is 0. The molecule has 0 aliphatic carbocycles. The lowest BCUT2D eigenvalue weighted by atomic mass is 10.0. The molecular weight excluding hydrogens is 182 g/mol. The van der Waals surface area contributed by atoms with E-state index in [2.05, 4.69) is 34.9 Å². The van der Waals surface area contributed by atoms with E-state index in [0.717, 1.165) is 17.5 Å². The first-order valence-corrected chi connectivity index (χ1v) is 3.86. The second-order valence-corrected chi connectivity index (χ2v) is 3.45. The van der Waals surface area contributed by atoms with Gasteiger partial charge in [-0.05, 0) is 29.3 Å². The Morgan fingerprint density at radius 1 is 1.89 bits per heavy atom. The molecule has 0 saturated carbocycles. The Morgan fingerprint density at radius 2 is 2.56 bits per heavy atom. The highest BCUT2D eigenvalue weighted by atomic mass is 79.9. The van der Waals surface area contributed by atoms with Gasteiger partial charge in [-0.2, -0.15) is 0 Å². The summed E-state index contributed by atoms with van der Waals surface area (Å²) in [6.07, 6.45) is 1.91. The summed E-state index contributed by atoms with van der Waals surface area (Å²) in [5.74, 6) is 0. The first-order chi connectivity index (χ1) is 4.16. The van der Waals surface area contributed by atoms with Crippen LogP contribution < -0.4 is 0 Å². The fraction of sp³-hybridized carbons (Fsp3) is 0.833. The minimum Gasteiger partial charge on any atom is -0.388 e. The maximum Gasteiger partial charge on any atom is 0.140 e. The summed E-state index contributed by atoms with van der Waals surface area (Å²) >= 11 is 3.28. The van der Waals surface area contributed by atoms with Crippen LogP contribution in [0.4, 0.5) is 0 Å². The van der Waals surface area contributed by atoms with Crippen molar-refractivity contribution in [3.63, 3.8) is 0 Å². The van der Waals surface area contributed by atoms with E-state index in [1.165, 1.54) is 0 Å². The summed E-state index contributed by atoms with van der Waals surface area (Å²) in [5.41, 5.74) is -0.0428. The molecule has 0 aromatic rings. The van der Waals surface area contributed by atoms with Crippen LogP contribution in [0.2, 0.25) is 0 Å². The van der Waals surface area contributed by atoms with E-state index in [-0.39, 0.29) is 5.60 Å². The summed E-state index contributed by atoms with van der Waals surface area (Å²) in [4.78, 5) is 5.14. The van der Waals surface area contributed by atoms with Crippen LogP contribution in [-0.2, 0) is 4.84 Å². The number of halogens is 1. The fourth-order valence-corrected chi connectivity index (χ4v) is 1.39. The molecule has 9 heavy (non-hydrogen) atoms. The zero-order chi connectivity index (χ0) is 6.91. The van der Waals surface area contributed by atoms with Crippen LogP contribution in [0.15, 0.2) is 5.16 Å². The third-order valence-electron chi connectivity index (χ3n) is 1.63. The lowest BCUT2D eigenvalue weighted by molar-refractivity contribution is -0.00604. The minimum atomic E-state index is -0.0428. The van der Waals surface area contributed by atoms with E-state index in [1.807, 2.05) is 0 Å². The Hall–Kier alpha value is -0.0500. The van der Waals surface area contributed by atoms with E-state index < -0.39 is 0 Å². The molecule has 0 amide bonds. The van der Waals surface area contributed by atoms with Gasteiger partial charge in [0.1, 0.15) is 10.2 Å². The van der Waals surface area contributed by atoms with Crippen molar-refractivity contribution in [1.29, 1.82) is 0 Å². The summed E-state index contributed by atoms with van der Waals surface area (Å²) in [7, 11) is 0. The molecule has 1 aliphatic rings. The number of rotatable bonds is 1. The van der Waals surface area contributed by atoms with Gasteiger partial charge in [-0.15, -0.1) is 0 Å². The van der Waals surface area contributed by atoms with Crippen LogP contribution in [0.3, 0.4) is 0 Å². The smallest absolute Gasteiger partial charge is 0.140 e. The van der Waals surface area contributed by atoms with Crippen LogP contribution in [0.1, 0.15) is 26.7 Å². The van der Waals surface area contributed by atoms with Gasteiger partial charge in [0.05, 0.1) is 0 Å². The summed E-state index contributed by atoms with van der Waals surface area (Å²) in [5, 5.41) is 3.79. The minimum absolute atomic E-state index is 0.0428. The van der Waals surface area contributed by atoms with Crippen LogP contribution >= 0.6 is 15.9 Å². The highest BCUT2D eigenvalue weighted by Gasteiger charge is 2.30. The molecule has 0 bridgehead atoms. The molecule has 1 unspecified atom stereocenters. The van der Waals surface area contributed by atoms with E-state index in [1.54, 1.807) is 0 Å². The van der Waals surface area contributed by atoms with Crippen LogP contribution in [0, 0.1) is 0 Å². The van der Waals surface area contributed by atoms with Crippen LogP contribution in [-0.4, -0.2) is 10.2 Å². The van der Waals surface area contributed by atoms with Gasteiger partial charge in [0.2, 0.25) is 0 Å². The molecule has 52 valence electrons. The zero-order valence-corrected chi connectivity index (χ0v) is 7.23. The quantitative estimate of drug-likeness (QED) is 0.624. The van der Waals surface area contributed by atoms with Gasteiger partial charge in [0.15, 0.2) is 0 Å². The SMILES string of the molecule is CCC1(C)CC(Br)=NO1. The third kappa shape index (κ3) is 1.45. The van der Waals surface area contributed by atoms with E-state index in [0.29, 0.717) is 0 Å². The topological polar surface area (TPSA) is 21.6 Å². The van der Waals surface area contributed by atoms with Crippen molar-refractivity contribution in [2.45, 2.75) is 32.3 Å². The molecular formula is C6H10BrNO.